The van der Waals surface area contributed by atoms with Crippen LogP contribution < -0.4 is 10.6 Å². The van der Waals surface area contributed by atoms with Crippen LogP contribution in [-0.2, 0) is 0 Å². The molecule has 1 heterocycles. The number of aromatic nitrogens is 2. The van der Waals surface area contributed by atoms with Crippen molar-refractivity contribution in [3.63, 3.8) is 0 Å². The van der Waals surface area contributed by atoms with Gasteiger partial charge in [0.1, 0.15) is 0 Å². The number of hydrogen-bond acceptors (Lipinski definition) is 6. The summed E-state index contributed by atoms with van der Waals surface area (Å²) in [5, 5.41) is 26.8. The second-order valence-corrected chi connectivity index (χ2v) is 10.4. The summed E-state index contributed by atoms with van der Waals surface area (Å²) in [5.41, 5.74) is 0.945. The Labute approximate surface area is 178 Å². The van der Waals surface area contributed by atoms with E-state index in [9.17, 15) is 15.0 Å². The number of carbonyl (C=O) groups excluding carboxylic acids is 1. The third-order valence-electron chi connectivity index (χ3n) is 7.90. The van der Waals surface area contributed by atoms with Crippen molar-refractivity contribution >= 4 is 11.9 Å². The van der Waals surface area contributed by atoms with Crippen LogP contribution in [0.15, 0.2) is 6.20 Å². The molecule has 5 aliphatic rings. The van der Waals surface area contributed by atoms with Gasteiger partial charge >= 0.3 is 0 Å². The molecule has 4 N–H and O–H groups in total. The summed E-state index contributed by atoms with van der Waals surface area (Å²) < 4.78 is 0. The quantitative estimate of drug-likeness (QED) is 0.570. The average molecular weight is 415 g/mol. The highest BCUT2D eigenvalue weighted by Gasteiger charge is 2.55. The molecule has 5 aliphatic carbocycles. The Hall–Kier alpha value is -1.73. The minimum atomic E-state index is -0.493. The first-order chi connectivity index (χ1) is 14.4. The van der Waals surface area contributed by atoms with Crippen molar-refractivity contribution in [2.24, 2.45) is 17.8 Å². The molecular formula is C23H34N4O3. The van der Waals surface area contributed by atoms with Crippen molar-refractivity contribution in [3.05, 3.63) is 17.5 Å². The number of anilines is 1. The van der Waals surface area contributed by atoms with Gasteiger partial charge in [-0.1, -0.05) is 12.8 Å². The lowest BCUT2D eigenvalue weighted by Gasteiger charge is -2.58. The van der Waals surface area contributed by atoms with E-state index in [1.807, 2.05) is 0 Å². The Morgan fingerprint density at radius 1 is 1.23 bits per heavy atom. The number of amides is 1. The minimum absolute atomic E-state index is 0.0663. The Kier molecular flexibility index (Phi) is 5.22. The van der Waals surface area contributed by atoms with E-state index in [1.165, 1.54) is 12.8 Å². The van der Waals surface area contributed by atoms with Crippen LogP contribution in [0.25, 0.3) is 0 Å². The molecule has 30 heavy (non-hydrogen) atoms. The van der Waals surface area contributed by atoms with Crippen LogP contribution in [0.5, 0.6) is 0 Å². The molecule has 6 rings (SSSR count). The largest absolute Gasteiger partial charge is 0.392 e. The van der Waals surface area contributed by atoms with Gasteiger partial charge in [-0.2, -0.15) is 0 Å². The van der Waals surface area contributed by atoms with Gasteiger partial charge in [-0.15, -0.1) is 0 Å². The third-order valence-corrected chi connectivity index (χ3v) is 7.90. The topological polar surface area (TPSA) is 107 Å². The van der Waals surface area contributed by atoms with Gasteiger partial charge in [0.05, 0.1) is 23.0 Å². The van der Waals surface area contributed by atoms with Crippen molar-refractivity contribution < 1.29 is 15.0 Å². The summed E-state index contributed by atoms with van der Waals surface area (Å²) >= 11 is 0. The van der Waals surface area contributed by atoms with E-state index in [2.05, 4.69) is 15.6 Å². The minimum Gasteiger partial charge on any atom is -0.392 e. The second kappa shape index (κ2) is 7.75. The highest BCUT2D eigenvalue weighted by Crippen LogP contribution is 2.55. The van der Waals surface area contributed by atoms with Crippen LogP contribution in [0.4, 0.5) is 5.95 Å². The van der Waals surface area contributed by atoms with Gasteiger partial charge < -0.3 is 20.8 Å². The zero-order chi connectivity index (χ0) is 20.9. The molecule has 1 amide bonds. The van der Waals surface area contributed by atoms with Gasteiger partial charge in [-0.3, -0.25) is 4.79 Å². The molecular weight excluding hydrogens is 380 g/mol. The summed E-state index contributed by atoms with van der Waals surface area (Å²) in [6.45, 7) is 2.10. The fourth-order valence-corrected chi connectivity index (χ4v) is 6.85. The van der Waals surface area contributed by atoms with Crippen LogP contribution in [-0.4, -0.2) is 50.4 Å². The number of carbonyl (C=O) groups is 1. The van der Waals surface area contributed by atoms with E-state index >= 15 is 0 Å². The molecule has 3 atom stereocenters. The maximum Gasteiger partial charge on any atom is 0.254 e. The lowest BCUT2D eigenvalue weighted by molar-refractivity contribution is -0.136. The predicted octanol–water partition coefficient (Wildman–Crippen LogP) is 2.60. The molecule has 164 valence electrons. The van der Waals surface area contributed by atoms with Crippen molar-refractivity contribution in [1.29, 1.82) is 0 Å². The maximum atomic E-state index is 13.4. The van der Waals surface area contributed by atoms with Crippen molar-refractivity contribution in [2.75, 3.05) is 11.9 Å². The maximum absolute atomic E-state index is 13.4. The van der Waals surface area contributed by atoms with Gasteiger partial charge in [-0.25, -0.2) is 9.97 Å². The fraction of sp³-hybridized carbons (Fsp3) is 0.783. The Balaban J connectivity index is 1.36. The standard InChI is InChI=1S/C23H34N4O3/c1-13(28)11-24-22-25-12-18(20(27-22)15-4-2-3-5-15)21(29)26-19-16-6-14-7-17(19)10-23(30,8-14)9-16/h12-17,19,28,30H,2-11H2,1H3,(H,26,29)(H,24,25,27)/t13-,14?,16?,17?,19?,23?/m0/s1. The average Bonchev–Trinajstić information content (AvgIpc) is 3.22. The molecule has 0 saturated heterocycles. The molecule has 0 aliphatic heterocycles. The monoisotopic (exact) mass is 414 g/mol. The molecule has 1 aromatic heterocycles. The molecule has 5 fully saturated rings. The van der Waals surface area contributed by atoms with Gasteiger partial charge in [0.2, 0.25) is 5.95 Å². The zero-order valence-corrected chi connectivity index (χ0v) is 17.8. The fourth-order valence-electron chi connectivity index (χ4n) is 6.85. The van der Waals surface area contributed by atoms with E-state index in [-0.39, 0.29) is 11.9 Å². The Bertz CT molecular complexity index is 792. The number of aliphatic hydroxyl groups is 2. The number of aliphatic hydroxyl groups excluding tert-OH is 1. The first-order valence-corrected chi connectivity index (χ1v) is 11.7. The predicted molar refractivity (Wildman–Crippen MR) is 113 cm³/mol. The number of hydrogen-bond donors (Lipinski definition) is 4. The van der Waals surface area contributed by atoms with Gasteiger partial charge in [0, 0.05) is 24.7 Å². The highest BCUT2D eigenvalue weighted by atomic mass is 16.3. The van der Waals surface area contributed by atoms with Gasteiger partial charge in [0.25, 0.3) is 5.91 Å². The van der Waals surface area contributed by atoms with E-state index in [4.69, 9.17) is 4.98 Å². The summed E-state index contributed by atoms with van der Waals surface area (Å²) in [6.07, 6.45) is 10.4. The Morgan fingerprint density at radius 3 is 2.57 bits per heavy atom. The molecule has 5 saturated carbocycles. The molecule has 0 radical (unpaired) electrons. The molecule has 0 spiro atoms. The second-order valence-electron chi connectivity index (χ2n) is 10.4. The van der Waals surface area contributed by atoms with Crippen LogP contribution in [0.1, 0.15) is 86.7 Å². The molecule has 0 aromatic carbocycles. The van der Waals surface area contributed by atoms with Gasteiger partial charge in [0.15, 0.2) is 0 Å². The van der Waals surface area contributed by atoms with Crippen molar-refractivity contribution in [3.8, 4) is 0 Å². The van der Waals surface area contributed by atoms with Gasteiger partial charge in [-0.05, 0) is 69.6 Å². The number of nitrogens with zero attached hydrogens (tertiary/aromatic N) is 2. The summed E-state index contributed by atoms with van der Waals surface area (Å²) in [5.74, 6) is 2.09. The first-order valence-electron chi connectivity index (χ1n) is 11.7. The normalized spacial score (nSPS) is 36.1. The first kappa shape index (κ1) is 20.2. The highest BCUT2D eigenvalue weighted by molar-refractivity contribution is 5.95. The zero-order valence-electron chi connectivity index (χ0n) is 17.8. The molecule has 4 bridgehead atoms. The van der Waals surface area contributed by atoms with Crippen molar-refractivity contribution in [1.82, 2.24) is 15.3 Å². The lowest BCUT2D eigenvalue weighted by atomic mass is 9.52. The summed E-state index contributed by atoms with van der Waals surface area (Å²) in [4.78, 5) is 22.4. The van der Waals surface area contributed by atoms with E-state index < -0.39 is 11.7 Å². The summed E-state index contributed by atoms with van der Waals surface area (Å²) in [7, 11) is 0. The molecule has 7 nitrogen and oxygen atoms in total. The molecule has 7 heteroatoms. The van der Waals surface area contributed by atoms with Crippen LogP contribution >= 0.6 is 0 Å². The summed E-state index contributed by atoms with van der Waals surface area (Å²) in [6, 6.07) is 0.152. The third kappa shape index (κ3) is 3.82. The lowest BCUT2D eigenvalue weighted by Crippen LogP contribution is -2.61. The smallest absolute Gasteiger partial charge is 0.254 e. The number of rotatable bonds is 6. The van der Waals surface area contributed by atoms with Crippen molar-refractivity contribution in [2.45, 2.75) is 88.4 Å². The Morgan fingerprint density at radius 2 is 1.93 bits per heavy atom. The van der Waals surface area contributed by atoms with Crippen LogP contribution in [0.3, 0.4) is 0 Å². The number of nitrogens with one attached hydrogen (secondary N) is 2. The molecule has 2 unspecified atom stereocenters. The van der Waals surface area contributed by atoms with E-state index in [0.717, 1.165) is 50.6 Å². The SMILES string of the molecule is C[C@H](O)CNc1ncc(C(=O)NC2C3CC4CC2CC(O)(C4)C3)c(C2CCCC2)n1. The van der Waals surface area contributed by atoms with Crippen LogP contribution in [0.2, 0.25) is 0 Å². The molecule has 1 aromatic rings. The van der Waals surface area contributed by atoms with E-state index in [1.54, 1.807) is 13.1 Å². The van der Waals surface area contributed by atoms with Crippen LogP contribution in [0, 0.1) is 17.8 Å². The van der Waals surface area contributed by atoms with E-state index in [0.29, 0.717) is 41.7 Å².